The monoisotopic (exact) mass is 422 g/mol. The summed E-state index contributed by atoms with van der Waals surface area (Å²) in [4.78, 5) is 20.2. The Balaban J connectivity index is 1.49. The Hall–Kier alpha value is -4.33. The highest BCUT2D eigenvalue weighted by molar-refractivity contribution is 5.67. The molecule has 0 saturated carbocycles. The summed E-state index contributed by atoms with van der Waals surface area (Å²) in [5.74, 6) is 1.84. The van der Waals surface area contributed by atoms with Crippen molar-refractivity contribution in [3.63, 3.8) is 0 Å². The molecule has 0 radical (unpaired) electrons. The third kappa shape index (κ3) is 3.85. The fourth-order valence-electron chi connectivity index (χ4n) is 3.51. The largest absolute Gasteiger partial charge is 0.348 e. The predicted octanol–water partition coefficient (Wildman–Crippen LogP) is 4.52. The summed E-state index contributed by atoms with van der Waals surface area (Å²) >= 11 is 0. The minimum Gasteiger partial charge on any atom is -0.348 e. The highest BCUT2D eigenvalue weighted by atomic mass is 15.4. The van der Waals surface area contributed by atoms with Crippen LogP contribution in [0.15, 0.2) is 85.3 Å². The molecule has 3 heterocycles. The van der Waals surface area contributed by atoms with Crippen LogP contribution in [0.1, 0.15) is 18.5 Å². The number of nitrogens with zero attached hydrogens (tertiary/aromatic N) is 7. The van der Waals surface area contributed by atoms with E-state index in [0.717, 1.165) is 16.8 Å². The first-order valence-corrected chi connectivity index (χ1v) is 10.3. The maximum absolute atomic E-state index is 4.86. The Morgan fingerprint density at radius 3 is 2.44 bits per heavy atom. The molecule has 1 N–H and O–H groups in total. The molecule has 0 aliphatic carbocycles. The van der Waals surface area contributed by atoms with Crippen molar-refractivity contribution in [2.24, 2.45) is 0 Å². The first kappa shape index (κ1) is 19.6. The van der Waals surface area contributed by atoms with Crippen molar-refractivity contribution < 1.29 is 0 Å². The third-order valence-corrected chi connectivity index (χ3v) is 5.25. The van der Waals surface area contributed by atoms with E-state index in [0.29, 0.717) is 23.4 Å². The van der Waals surface area contributed by atoms with Crippen LogP contribution in [0.3, 0.4) is 0 Å². The average molecular weight is 422 g/mol. The molecule has 0 aliphatic heterocycles. The molecule has 0 amide bonds. The summed E-state index contributed by atoms with van der Waals surface area (Å²) in [5, 5.41) is 7.72. The lowest BCUT2D eigenvalue weighted by Gasteiger charge is -2.20. The van der Waals surface area contributed by atoms with Gasteiger partial charge < -0.3 is 5.32 Å². The summed E-state index contributed by atoms with van der Waals surface area (Å²) in [7, 11) is 1.91. The van der Waals surface area contributed by atoms with Crippen molar-refractivity contribution in [3.8, 4) is 11.3 Å². The summed E-state index contributed by atoms with van der Waals surface area (Å²) in [6.45, 7) is 2.08. The molecule has 32 heavy (non-hydrogen) atoms. The number of hydrogen-bond acceptors (Lipinski definition) is 7. The Bertz CT molecular complexity index is 1330. The van der Waals surface area contributed by atoms with Crippen LogP contribution in [0.5, 0.6) is 0 Å². The van der Waals surface area contributed by atoms with Crippen molar-refractivity contribution >= 4 is 23.4 Å². The molecular formula is C24H22N8. The molecule has 0 fully saturated rings. The molecule has 2 aromatic carbocycles. The fraction of sp³-hybridized carbons (Fsp3) is 0.125. The second kappa shape index (κ2) is 8.43. The first-order chi connectivity index (χ1) is 15.7. The van der Waals surface area contributed by atoms with Crippen LogP contribution in [0.2, 0.25) is 0 Å². The number of anilines is 3. The number of fused-ring (bicyclic) bond motifs is 1. The molecule has 0 bridgehead atoms. The maximum Gasteiger partial charge on any atom is 0.234 e. The van der Waals surface area contributed by atoms with E-state index in [4.69, 9.17) is 9.97 Å². The zero-order valence-corrected chi connectivity index (χ0v) is 17.8. The van der Waals surface area contributed by atoms with Gasteiger partial charge >= 0.3 is 0 Å². The Labute approximate surface area is 185 Å². The second-order valence-electron chi connectivity index (χ2n) is 7.41. The van der Waals surface area contributed by atoms with Gasteiger partial charge in [-0.15, -0.1) is 0 Å². The lowest BCUT2D eigenvalue weighted by Crippen LogP contribution is -2.19. The van der Waals surface area contributed by atoms with E-state index in [-0.39, 0.29) is 6.04 Å². The van der Waals surface area contributed by atoms with E-state index < -0.39 is 0 Å². The van der Waals surface area contributed by atoms with Gasteiger partial charge in [-0.1, -0.05) is 60.7 Å². The second-order valence-corrected chi connectivity index (χ2v) is 7.41. The minimum atomic E-state index is 0.0679. The molecule has 0 aliphatic rings. The number of hydrogen-bond donors (Lipinski definition) is 1. The summed E-state index contributed by atoms with van der Waals surface area (Å²) in [6, 6.07) is 24.1. The number of rotatable bonds is 6. The molecule has 158 valence electrons. The standard InChI is InChI=1S/C24H22N8/c1-17(18-9-5-3-6-10-18)28-23-25-14-13-21(30-23)31(2)24-29-20(19-11-7-4-8-12-19)15-22-26-16-27-32(22)24/h3-17H,1-2H3,(H,25,28,30)/t17-/m1/s1. The first-order valence-electron chi connectivity index (χ1n) is 10.3. The van der Waals surface area contributed by atoms with Crippen LogP contribution in [-0.2, 0) is 0 Å². The van der Waals surface area contributed by atoms with Gasteiger partial charge in [0.05, 0.1) is 11.7 Å². The Morgan fingerprint density at radius 1 is 0.906 bits per heavy atom. The van der Waals surface area contributed by atoms with Crippen LogP contribution < -0.4 is 10.2 Å². The lowest BCUT2D eigenvalue weighted by molar-refractivity contribution is 0.852. The van der Waals surface area contributed by atoms with E-state index in [1.165, 1.54) is 6.33 Å². The number of aromatic nitrogens is 6. The van der Waals surface area contributed by atoms with Crippen LogP contribution in [0, 0.1) is 0 Å². The van der Waals surface area contributed by atoms with Crippen molar-refractivity contribution in [1.82, 2.24) is 29.5 Å². The fourth-order valence-corrected chi connectivity index (χ4v) is 3.51. The molecule has 1 atom stereocenters. The summed E-state index contributed by atoms with van der Waals surface area (Å²) in [6.07, 6.45) is 3.26. The van der Waals surface area contributed by atoms with Crippen LogP contribution in [0.4, 0.5) is 17.7 Å². The molecule has 0 spiro atoms. The molecular weight excluding hydrogens is 400 g/mol. The average Bonchev–Trinajstić information content (AvgIpc) is 3.33. The van der Waals surface area contributed by atoms with Crippen LogP contribution in [0.25, 0.3) is 16.9 Å². The van der Waals surface area contributed by atoms with Gasteiger partial charge in [-0.3, -0.25) is 4.90 Å². The molecule has 8 heteroatoms. The highest BCUT2D eigenvalue weighted by Crippen LogP contribution is 2.26. The van der Waals surface area contributed by atoms with Crippen molar-refractivity contribution in [2.45, 2.75) is 13.0 Å². The molecule has 5 aromatic rings. The molecule has 0 saturated heterocycles. The Morgan fingerprint density at radius 2 is 1.66 bits per heavy atom. The maximum atomic E-state index is 4.86. The van der Waals surface area contributed by atoms with Gasteiger partial charge in [0.25, 0.3) is 0 Å². The van der Waals surface area contributed by atoms with Crippen LogP contribution >= 0.6 is 0 Å². The normalized spacial score (nSPS) is 11.9. The molecule has 5 rings (SSSR count). The minimum absolute atomic E-state index is 0.0679. The summed E-state index contributed by atoms with van der Waals surface area (Å²) < 4.78 is 1.70. The highest BCUT2D eigenvalue weighted by Gasteiger charge is 2.16. The van der Waals surface area contributed by atoms with Crippen molar-refractivity contribution in [2.75, 3.05) is 17.3 Å². The van der Waals surface area contributed by atoms with Gasteiger partial charge in [0.15, 0.2) is 5.65 Å². The van der Waals surface area contributed by atoms with E-state index in [9.17, 15) is 0 Å². The van der Waals surface area contributed by atoms with Crippen molar-refractivity contribution in [1.29, 1.82) is 0 Å². The smallest absolute Gasteiger partial charge is 0.234 e. The van der Waals surface area contributed by atoms with Gasteiger partial charge in [-0.05, 0) is 18.6 Å². The van der Waals surface area contributed by atoms with Gasteiger partial charge in [0.2, 0.25) is 11.9 Å². The van der Waals surface area contributed by atoms with Crippen molar-refractivity contribution in [3.05, 3.63) is 90.9 Å². The van der Waals surface area contributed by atoms with E-state index >= 15 is 0 Å². The van der Waals surface area contributed by atoms with Gasteiger partial charge in [0.1, 0.15) is 12.1 Å². The van der Waals surface area contributed by atoms with Gasteiger partial charge in [0, 0.05) is 24.9 Å². The van der Waals surface area contributed by atoms with E-state index in [2.05, 4.69) is 39.4 Å². The predicted molar refractivity (Wildman–Crippen MR) is 125 cm³/mol. The summed E-state index contributed by atoms with van der Waals surface area (Å²) in [5.41, 5.74) is 3.70. The van der Waals surface area contributed by atoms with Gasteiger partial charge in [-0.25, -0.2) is 15.0 Å². The van der Waals surface area contributed by atoms with Crippen LogP contribution in [-0.4, -0.2) is 36.6 Å². The zero-order chi connectivity index (χ0) is 21.9. The molecule has 0 unspecified atom stereocenters. The quantitative estimate of drug-likeness (QED) is 0.431. The topological polar surface area (TPSA) is 84.1 Å². The molecule has 8 nitrogen and oxygen atoms in total. The van der Waals surface area contributed by atoms with E-state index in [1.54, 1.807) is 10.7 Å². The number of benzene rings is 2. The van der Waals surface area contributed by atoms with Gasteiger partial charge in [-0.2, -0.15) is 14.6 Å². The lowest BCUT2D eigenvalue weighted by atomic mass is 10.1. The third-order valence-electron chi connectivity index (χ3n) is 5.25. The zero-order valence-electron chi connectivity index (χ0n) is 17.8. The SMILES string of the molecule is C[C@@H](Nc1nccc(N(C)c2nc(-c3ccccc3)cc3ncnn23)n1)c1ccccc1. The Kier molecular flexibility index (Phi) is 5.17. The number of nitrogens with one attached hydrogen (secondary N) is 1. The molecule has 3 aromatic heterocycles. The van der Waals surface area contributed by atoms with E-state index in [1.807, 2.05) is 72.6 Å².